The second kappa shape index (κ2) is 72.6. The summed E-state index contributed by atoms with van der Waals surface area (Å²) in [5.41, 5.74) is 0. The van der Waals surface area contributed by atoms with Crippen LogP contribution >= 0.6 is 0 Å². The van der Waals surface area contributed by atoms with Crippen molar-refractivity contribution in [2.45, 2.75) is 431 Å². The van der Waals surface area contributed by atoms with Gasteiger partial charge in [-0.15, -0.1) is 0 Å². The van der Waals surface area contributed by atoms with Crippen LogP contribution in [-0.2, 0) is 14.3 Å². The second-order valence-corrected chi connectivity index (χ2v) is 26.0. The van der Waals surface area contributed by atoms with Crippen LogP contribution in [0.5, 0.6) is 0 Å². The summed E-state index contributed by atoms with van der Waals surface area (Å²) >= 11 is 0. The number of hydrogen-bond acceptors (Lipinski definition) is 5. The molecule has 0 fully saturated rings. The van der Waals surface area contributed by atoms with Crippen LogP contribution in [-0.4, -0.2) is 47.4 Å². The Bertz CT molecular complexity index is 1340. The monoisotopic (exact) mass is 1170 g/mol. The predicted octanol–water partition coefficient (Wildman–Crippen LogP) is 24.7. The summed E-state index contributed by atoms with van der Waals surface area (Å²) in [5, 5.41) is 23.2. The van der Waals surface area contributed by atoms with Gasteiger partial charge in [0.2, 0.25) is 5.91 Å². The molecule has 83 heavy (non-hydrogen) atoms. The molecule has 6 nitrogen and oxygen atoms in total. The highest BCUT2D eigenvalue weighted by Gasteiger charge is 2.18. The molecule has 0 saturated heterocycles. The zero-order valence-electron chi connectivity index (χ0n) is 56.2. The molecule has 1 amide bonds. The van der Waals surface area contributed by atoms with E-state index in [1.54, 1.807) is 6.08 Å². The molecule has 0 saturated carbocycles. The molecule has 0 rings (SSSR count). The molecule has 0 heterocycles. The van der Waals surface area contributed by atoms with Gasteiger partial charge in [0.1, 0.15) is 0 Å². The molecule has 0 spiro atoms. The summed E-state index contributed by atoms with van der Waals surface area (Å²) in [4.78, 5) is 24.6. The molecule has 0 aliphatic rings. The van der Waals surface area contributed by atoms with E-state index in [0.717, 1.165) is 44.9 Å². The lowest BCUT2D eigenvalue weighted by molar-refractivity contribution is -0.143. The Morgan fingerprint density at radius 1 is 0.325 bits per heavy atom. The van der Waals surface area contributed by atoms with Crippen LogP contribution < -0.4 is 5.32 Å². The second-order valence-electron chi connectivity index (χ2n) is 26.0. The molecule has 0 aromatic heterocycles. The minimum atomic E-state index is -0.844. The Morgan fingerprint density at radius 3 is 0.855 bits per heavy atom. The van der Waals surface area contributed by atoms with Crippen LogP contribution in [0.2, 0.25) is 0 Å². The number of allylic oxidation sites excluding steroid dienone is 5. The molecular formula is C77H147NO5. The fourth-order valence-corrected chi connectivity index (χ4v) is 11.9. The van der Waals surface area contributed by atoms with Gasteiger partial charge in [0.05, 0.1) is 25.4 Å². The van der Waals surface area contributed by atoms with Crippen molar-refractivity contribution in [3.63, 3.8) is 0 Å². The van der Waals surface area contributed by atoms with Crippen molar-refractivity contribution >= 4 is 11.9 Å². The molecule has 2 atom stereocenters. The molecule has 2 unspecified atom stereocenters. The van der Waals surface area contributed by atoms with Gasteiger partial charge in [-0.05, 0) is 83.5 Å². The Balaban J connectivity index is 3.38. The number of hydrogen-bond donors (Lipinski definition) is 3. The van der Waals surface area contributed by atoms with Crippen LogP contribution in [0.1, 0.15) is 418 Å². The van der Waals surface area contributed by atoms with Gasteiger partial charge in [0.25, 0.3) is 0 Å². The summed E-state index contributed by atoms with van der Waals surface area (Å²) in [5.74, 6) is -0.0486. The molecule has 0 aromatic carbocycles. The number of carbonyl (C=O) groups is 2. The quantitative estimate of drug-likeness (QED) is 0.0320. The van der Waals surface area contributed by atoms with Gasteiger partial charge in [-0.25, -0.2) is 0 Å². The van der Waals surface area contributed by atoms with E-state index < -0.39 is 12.1 Å². The van der Waals surface area contributed by atoms with E-state index in [-0.39, 0.29) is 18.5 Å². The van der Waals surface area contributed by atoms with Crippen LogP contribution in [0, 0.1) is 0 Å². The van der Waals surface area contributed by atoms with Gasteiger partial charge >= 0.3 is 5.97 Å². The summed E-state index contributed by atoms with van der Waals surface area (Å²) in [6, 6.07) is -0.627. The zero-order valence-corrected chi connectivity index (χ0v) is 56.2. The van der Waals surface area contributed by atoms with Crippen molar-refractivity contribution in [1.82, 2.24) is 5.32 Å². The molecule has 0 radical (unpaired) electrons. The number of rotatable bonds is 71. The number of aliphatic hydroxyl groups is 2. The van der Waals surface area contributed by atoms with E-state index in [1.165, 1.54) is 347 Å². The van der Waals surface area contributed by atoms with Crippen molar-refractivity contribution in [2.24, 2.45) is 0 Å². The van der Waals surface area contributed by atoms with E-state index in [4.69, 9.17) is 4.74 Å². The normalized spacial score (nSPS) is 12.7. The van der Waals surface area contributed by atoms with Gasteiger partial charge in [-0.1, -0.05) is 359 Å². The Kier molecular flexibility index (Phi) is 70.9. The van der Waals surface area contributed by atoms with Crippen LogP contribution in [0.25, 0.3) is 0 Å². The standard InChI is InChI=1S/C77H147NO5/c1-3-5-7-9-11-13-15-17-19-21-37-41-45-49-53-57-61-65-69-75(80)74(73-79)78-76(81)70-66-62-58-54-50-46-42-38-35-33-31-29-27-25-23-24-26-28-30-32-34-36-40-44-48-52-56-60-64-68-72-83-77(82)71-67-63-59-55-51-47-43-39-22-20-18-16-14-12-10-8-6-4-2/h20,22,24,26,65,69,74-75,79-80H,3-19,21,23,25,27-64,66-68,70-73H2,1-2H3,(H,78,81)/b22-20-,26-24-,69-65+. The third-order valence-electron chi connectivity index (χ3n) is 17.6. The Hall–Kier alpha value is -1.92. The lowest BCUT2D eigenvalue weighted by Gasteiger charge is -2.20. The topological polar surface area (TPSA) is 95.9 Å². The van der Waals surface area contributed by atoms with Crippen molar-refractivity contribution in [1.29, 1.82) is 0 Å². The largest absolute Gasteiger partial charge is 0.466 e. The van der Waals surface area contributed by atoms with Crippen molar-refractivity contribution < 1.29 is 24.5 Å². The number of amides is 1. The molecule has 3 N–H and O–H groups in total. The smallest absolute Gasteiger partial charge is 0.305 e. The van der Waals surface area contributed by atoms with Gasteiger partial charge in [0, 0.05) is 12.8 Å². The average molecular weight is 1170 g/mol. The molecule has 490 valence electrons. The average Bonchev–Trinajstić information content (AvgIpc) is 3.48. The lowest BCUT2D eigenvalue weighted by atomic mass is 10.0. The SMILES string of the molecule is CCCCCCCCC/C=C\CCCCCCCCCC(=O)OCCCCCCCCCCCCCC/C=C\CCCCCCCCCCCCCCCCC(=O)NC(CO)C(O)/C=C/CCCCCCCCCCCCCCCCCC. The van der Waals surface area contributed by atoms with Gasteiger partial charge in [0.15, 0.2) is 0 Å². The van der Waals surface area contributed by atoms with Crippen molar-refractivity contribution in [3.05, 3.63) is 36.5 Å². The van der Waals surface area contributed by atoms with E-state index in [0.29, 0.717) is 19.4 Å². The van der Waals surface area contributed by atoms with Crippen LogP contribution in [0.4, 0.5) is 0 Å². The first-order valence-corrected chi connectivity index (χ1v) is 37.8. The number of esters is 1. The van der Waals surface area contributed by atoms with E-state index >= 15 is 0 Å². The van der Waals surface area contributed by atoms with Gasteiger partial charge in [-0.3, -0.25) is 9.59 Å². The van der Waals surface area contributed by atoms with Gasteiger partial charge in [-0.2, -0.15) is 0 Å². The summed E-state index contributed by atoms with van der Waals surface area (Å²) in [6.45, 7) is 4.94. The highest BCUT2D eigenvalue weighted by molar-refractivity contribution is 5.76. The summed E-state index contributed by atoms with van der Waals surface area (Å²) in [7, 11) is 0. The molecule has 0 aromatic rings. The predicted molar refractivity (Wildman–Crippen MR) is 366 cm³/mol. The first kappa shape index (κ1) is 81.1. The first-order chi connectivity index (χ1) is 41.0. The Labute approximate surface area is 519 Å². The molecule has 0 aliphatic heterocycles. The number of unbranched alkanes of at least 4 members (excludes halogenated alkanes) is 56. The zero-order chi connectivity index (χ0) is 59.9. The molecule has 0 aliphatic carbocycles. The van der Waals surface area contributed by atoms with E-state index in [9.17, 15) is 19.8 Å². The third kappa shape index (κ3) is 69.1. The van der Waals surface area contributed by atoms with Gasteiger partial charge < -0.3 is 20.3 Å². The van der Waals surface area contributed by atoms with Crippen LogP contribution in [0.15, 0.2) is 36.5 Å². The minimum absolute atomic E-state index is 0.0145. The molecular weight excluding hydrogens is 1020 g/mol. The highest BCUT2D eigenvalue weighted by atomic mass is 16.5. The van der Waals surface area contributed by atoms with Crippen molar-refractivity contribution in [3.8, 4) is 0 Å². The van der Waals surface area contributed by atoms with E-state index in [1.807, 2.05) is 6.08 Å². The minimum Gasteiger partial charge on any atom is -0.466 e. The maximum absolute atomic E-state index is 12.5. The number of nitrogens with one attached hydrogen (secondary N) is 1. The molecule has 6 heteroatoms. The Morgan fingerprint density at radius 2 is 0.566 bits per heavy atom. The number of ether oxygens (including phenoxy) is 1. The third-order valence-corrected chi connectivity index (χ3v) is 17.6. The molecule has 0 bridgehead atoms. The van der Waals surface area contributed by atoms with E-state index in [2.05, 4.69) is 43.5 Å². The maximum Gasteiger partial charge on any atom is 0.305 e. The highest BCUT2D eigenvalue weighted by Crippen LogP contribution is 2.19. The maximum atomic E-state index is 12.5. The fraction of sp³-hybridized carbons (Fsp3) is 0.896. The number of carbonyl (C=O) groups excluding carboxylic acids is 2. The number of aliphatic hydroxyl groups excluding tert-OH is 2. The fourth-order valence-electron chi connectivity index (χ4n) is 11.9. The van der Waals surface area contributed by atoms with Crippen LogP contribution in [0.3, 0.4) is 0 Å². The first-order valence-electron chi connectivity index (χ1n) is 37.8. The van der Waals surface area contributed by atoms with Crippen molar-refractivity contribution in [2.75, 3.05) is 13.2 Å². The summed E-state index contributed by atoms with van der Waals surface area (Å²) < 4.78 is 5.51. The summed E-state index contributed by atoms with van der Waals surface area (Å²) in [6.07, 6.45) is 93.9. The lowest BCUT2D eigenvalue weighted by Crippen LogP contribution is -2.45.